The van der Waals surface area contributed by atoms with E-state index in [1.54, 1.807) is 0 Å². The van der Waals surface area contributed by atoms with Crippen LogP contribution >= 0.6 is 0 Å². The van der Waals surface area contributed by atoms with Gasteiger partial charge < -0.3 is 0 Å². The molecule has 0 bridgehead atoms. The maximum absolute atomic E-state index is 10.5. The minimum absolute atomic E-state index is 0.215. The minimum atomic E-state index is -0.367. The summed E-state index contributed by atoms with van der Waals surface area (Å²) >= 11 is -0.367. The standard InChI is InChI=1S/C3H7NO.C2H5.Sc/c1-2-3(4)5;1-2;/h2H2,1H3,(H2,4,5);1H2,2H3;/q;;+1/p-1. The summed E-state index contributed by atoms with van der Waals surface area (Å²) in [6, 6.07) is 0. The second kappa shape index (κ2) is 5.48. The van der Waals surface area contributed by atoms with Gasteiger partial charge in [0.05, 0.1) is 0 Å². The quantitative estimate of drug-likeness (QED) is 0.631. The fraction of sp³-hybridized carbons (Fsp3) is 0.800. The first-order valence-electron chi connectivity index (χ1n) is 2.92. The zero-order valence-corrected chi connectivity index (χ0v) is 7.20. The van der Waals surface area contributed by atoms with Gasteiger partial charge >= 0.3 is 61.6 Å². The van der Waals surface area contributed by atoms with Gasteiger partial charge in [-0.05, 0) is 0 Å². The molecule has 3 heteroatoms. The number of hydrogen-bond acceptors (Lipinski definition) is 1. The van der Waals surface area contributed by atoms with Gasteiger partial charge in [0.1, 0.15) is 0 Å². The van der Waals surface area contributed by atoms with Crippen molar-refractivity contribution in [3.05, 3.63) is 0 Å². The number of carbonyl (C=O) groups excluding carboxylic acids is 1. The monoisotopic (exact) mass is 146 g/mol. The SMILES string of the molecule is C[CH2][Sc][NH]C(=O)CC. The average Bonchev–Trinajstić information content (AvgIpc) is 1.83. The third-order valence-corrected chi connectivity index (χ3v) is 2.25. The van der Waals surface area contributed by atoms with Gasteiger partial charge in [-0.2, -0.15) is 0 Å². The summed E-state index contributed by atoms with van der Waals surface area (Å²) in [7, 11) is 0. The van der Waals surface area contributed by atoms with E-state index in [4.69, 9.17) is 0 Å². The molecule has 0 aromatic carbocycles. The Hall–Kier alpha value is 0.340. The van der Waals surface area contributed by atoms with E-state index in [1.807, 2.05) is 6.92 Å². The van der Waals surface area contributed by atoms with E-state index in [0.29, 0.717) is 6.42 Å². The van der Waals surface area contributed by atoms with Gasteiger partial charge in [-0.3, -0.25) is 0 Å². The molecule has 0 heterocycles. The van der Waals surface area contributed by atoms with Crippen LogP contribution in [0.4, 0.5) is 0 Å². The van der Waals surface area contributed by atoms with Gasteiger partial charge in [0, 0.05) is 0 Å². The molecule has 0 rings (SSSR count). The molecule has 0 aliphatic heterocycles. The molecule has 1 N–H and O–H groups in total. The van der Waals surface area contributed by atoms with Gasteiger partial charge in [0.25, 0.3) is 0 Å². The second-order valence-corrected chi connectivity index (χ2v) is 3.90. The van der Waals surface area contributed by atoms with Crippen LogP contribution in [0.2, 0.25) is 4.18 Å². The topological polar surface area (TPSA) is 29.1 Å². The van der Waals surface area contributed by atoms with Crippen molar-refractivity contribution in [2.45, 2.75) is 24.4 Å². The normalized spacial score (nSPS) is 7.75. The predicted octanol–water partition coefficient (Wildman–Crippen LogP) is 0.948. The fourth-order valence-corrected chi connectivity index (χ4v) is 1.31. The molecule has 45 valence electrons. The summed E-state index contributed by atoms with van der Waals surface area (Å²) in [5, 5.41) is 0. The molecule has 0 atom stereocenters. The summed E-state index contributed by atoms with van der Waals surface area (Å²) in [4.78, 5) is 10.5. The van der Waals surface area contributed by atoms with Crippen LogP contribution in [0.1, 0.15) is 20.3 Å². The van der Waals surface area contributed by atoms with Crippen molar-refractivity contribution in [2.24, 2.45) is 0 Å². The van der Waals surface area contributed by atoms with Crippen LogP contribution in [0, 0.1) is 0 Å². The number of amides is 1. The Morgan fingerprint density at radius 3 is 2.62 bits per heavy atom. The summed E-state index contributed by atoms with van der Waals surface area (Å²) in [5.74, 6) is 0.215. The maximum atomic E-state index is 10.5. The van der Waals surface area contributed by atoms with Crippen LogP contribution in [-0.4, -0.2) is 5.91 Å². The molecule has 0 aromatic heterocycles. The van der Waals surface area contributed by atoms with Gasteiger partial charge in [-0.15, -0.1) is 0 Å². The molecule has 0 spiro atoms. The predicted molar refractivity (Wildman–Crippen MR) is 28.9 cm³/mol. The van der Waals surface area contributed by atoms with Crippen molar-refractivity contribution in [1.29, 1.82) is 0 Å². The van der Waals surface area contributed by atoms with Crippen molar-refractivity contribution in [1.82, 2.24) is 3.30 Å². The molecule has 8 heavy (non-hydrogen) atoms. The van der Waals surface area contributed by atoms with Crippen LogP contribution in [0.3, 0.4) is 0 Å². The Morgan fingerprint density at radius 1 is 1.62 bits per heavy atom. The van der Waals surface area contributed by atoms with Crippen molar-refractivity contribution in [3.63, 3.8) is 0 Å². The molecule has 1 amide bonds. The van der Waals surface area contributed by atoms with Crippen LogP contribution in [0.5, 0.6) is 0 Å². The first-order chi connectivity index (χ1) is 3.81. The van der Waals surface area contributed by atoms with E-state index >= 15 is 0 Å². The van der Waals surface area contributed by atoms with Crippen LogP contribution in [0.15, 0.2) is 0 Å². The number of rotatable bonds is 3. The summed E-state index contributed by atoms with van der Waals surface area (Å²) in [5.41, 5.74) is 0. The average molecular weight is 146 g/mol. The van der Waals surface area contributed by atoms with Gasteiger partial charge in [-0.25, -0.2) is 0 Å². The second-order valence-electron chi connectivity index (χ2n) is 1.53. The molecular formula is C5H11NOSc. The molecular weight excluding hydrogens is 135 g/mol. The third kappa shape index (κ3) is 4.50. The Bertz CT molecular complexity index is 74.8. The van der Waals surface area contributed by atoms with Crippen LogP contribution in [-0.2, 0) is 28.0 Å². The molecule has 0 aliphatic rings. The van der Waals surface area contributed by atoms with E-state index in [1.165, 1.54) is 4.18 Å². The van der Waals surface area contributed by atoms with E-state index in [2.05, 4.69) is 10.2 Å². The molecule has 0 aromatic rings. The van der Waals surface area contributed by atoms with Crippen molar-refractivity contribution in [2.75, 3.05) is 0 Å². The van der Waals surface area contributed by atoms with Gasteiger partial charge in [0.2, 0.25) is 0 Å². The molecule has 0 radical (unpaired) electrons. The van der Waals surface area contributed by atoms with E-state index < -0.39 is 0 Å². The Kier molecular flexibility index (Phi) is 5.71. The molecule has 0 saturated heterocycles. The Labute approximate surface area is 61.8 Å². The van der Waals surface area contributed by atoms with Gasteiger partial charge in [0.15, 0.2) is 0 Å². The van der Waals surface area contributed by atoms with Gasteiger partial charge in [-0.1, -0.05) is 0 Å². The fourth-order valence-electron chi connectivity index (χ4n) is 0.318. The van der Waals surface area contributed by atoms with Crippen molar-refractivity contribution < 1.29 is 28.0 Å². The first-order valence-corrected chi connectivity index (χ1v) is 5.10. The number of carbonyl (C=O) groups is 1. The van der Waals surface area contributed by atoms with Crippen molar-refractivity contribution >= 4 is 5.91 Å². The molecule has 0 aliphatic carbocycles. The van der Waals surface area contributed by atoms with E-state index in [-0.39, 0.29) is 29.1 Å². The van der Waals surface area contributed by atoms with Crippen LogP contribution in [0.25, 0.3) is 0 Å². The zero-order chi connectivity index (χ0) is 6.41. The third-order valence-electron chi connectivity index (χ3n) is 0.788. The molecule has 2 nitrogen and oxygen atoms in total. The van der Waals surface area contributed by atoms with E-state index in [0.717, 1.165) is 0 Å². The first kappa shape index (κ1) is 8.34. The molecule has 0 saturated carbocycles. The van der Waals surface area contributed by atoms with Crippen LogP contribution < -0.4 is 3.30 Å². The van der Waals surface area contributed by atoms with Crippen molar-refractivity contribution in [3.8, 4) is 0 Å². The van der Waals surface area contributed by atoms with E-state index in [9.17, 15) is 4.79 Å². The molecule has 0 unspecified atom stereocenters. The zero-order valence-electron chi connectivity index (χ0n) is 5.40. The summed E-state index contributed by atoms with van der Waals surface area (Å²) < 4.78 is 4.08. The summed E-state index contributed by atoms with van der Waals surface area (Å²) in [6.07, 6.45) is 0.636. The summed E-state index contributed by atoms with van der Waals surface area (Å²) in [6.45, 7) is 3.98. The Balaban J connectivity index is 2.99. The Morgan fingerprint density at radius 2 is 2.25 bits per heavy atom. The number of hydrogen-bond donors (Lipinski definition) is 1. The molecule has 0 fully saturated rings. The number of nitrogens with one attached hydrogen (secondary N) is 1.